The molecular weight excluding hydrogens is 390 g/mol. The maximum Gasteiger partial charge on any atom is 0.274 e. The minimum absolute atomic E-state index is 0.136. The Morgan fingerprint density at radius 3 is 2.66 bits per heavy atom. The SMILES string of the molecule is Cc1cccc(N(Cc2nc3nc(C)cc(=O)n3[nH]2)C(=O)c2cccc(Cl)c2)c1. The summed E-state index contributed by atoms with van der Waals surface area (Å²) in [6.07, 6.45) is 0. The van der Waals surface area contributed by atoms with Crippen LogP contribution in [0.2, 0.25) is 5.02 Å². The standard InChI is InChI=1S/C21H18ClN5O2/c1-13-5-3-8-17(9-13)26(20(29)15-6-4-7-16(22)11-15)12-18-24-21-23-14(2)10-19(28)27(21)25-18/h3-11H,12H2,1-2H3,(H,23,24,25). The van der Waals surface area contributed by atoms with Gasteiger partial charge < -0.3 is 4.90 Å². The van der Waals surface area contributed by atoms with E-state index in [1.807, 2.05) is 31.2 Å². The fourth-order valence-electron chi connectivity index (χ4n) is 3.11. The molecule has 29 heavy (non-hydrogen) atoms. The molecule has 1 N–H and O–H groups in total. The molecule has 0 aliphatic heterocycles. The summed E-state index contributed by atoms with van der Waals surface area (Å²) in [7, 11) is 0. The molecule has 0 bridgehead atoms. The van der Waals surface area contributed by atoms with E-state index in [4.69, 9.17) is 11.6 Å². The first-order valence-corrected chi connectivity index (χ1v) is 9.38. The number of hydrogen-bond acceptors (Lipinski definition) is 4. The molecule has 146 valence electrons. The van der Waals surface area contributed by atoms with Crippen LogP contribution >= 0.6 is 11.6 Å². The summed E-state index contributed by atoms with van der Waals surface area (Å²) in [5, 5.41) is 3.42. The van der Waals surface area contributed by atoms with Crippen LogP contribution in [0.25, 0.3) is 5.78 Å². The first-order chi connectivity index (χ1) is 13.9. The van der Waals surface area contributed by atoms with Gasteiger partial charge in [-0.05, 0) is 49.7 Å². The number of aromatic nitrogens is 4. The van der Waals surface area contributed by atoms with Gasteiger partial charge in [0, 0.05) is 28.0 Å². The Hall–Kier alpha value is -3.45. The lowest BCUT2D eigenvalue weighted by Crippen LogP contribution is -2.31. The van der Waals surface area contributed by atoms with Crippen molar-refractivity contribution in [1.29, 1.82) is 0 Å². The number of aryl methyl sites for hydroxylation is 2. The Morgan fingerprint density at radius 2 is 1.90 bits per heavy atom. The lowest BCUT2D eigenvalue weighted by atomic mass is 10.1. The molecular formula is C21H18ClN5O2. The van der Waals surface area contributed by atoms with E-state index < -0.39 is 0 Å². The number of halogens is 1. The van der Waals surface area contributed by atoms with Gasteiger partial charge >= 0.3 is 0 Å². The molecule has 0 saturated heterocycles. The summed E-state index contributed by atoms with van der Waals surface area (Å²) < 4.78 is 1.26. The van der Waals surface area contributed by atoms with Gasteiger partial charge in [-0.25, -0.2) is 4.98 Å². The summed E-state index contributed by atoms with van der Waals surface area (Å²) in [5.74, 6) is 0.483. The highest BCUT2D eigenvalue weighted by Gasteiger charge is 2.21. The molecule has 0 saturated carbocycles. The first-order valence-electron chi connectivity index (χ1n) is 9.00. The zero-order valence-corrected chi connectivity index (χ0v) is 16.6. The second-order valence-electron chi connectivity index (χ2n) is 6.78. The lowest BCUT2D eigenvalue weighted by Gasteiger charge is -2.22. The third-order valence-corrected chi connectivity index (χ3v) is 4.68. The normalized spacial score (nSPS) is 11.0. The van der Waals surface area contributed by atoms with Crippen molar-refractivity contribution in [2.45, 2.75) is 20.4 Å². The summed E-state index contributed by atoms with van der Waals surface area (Å²) in [4.78, 5) is 35.7. The van der Waals surface area contributed by atoms with Crippen LogP contribution in [0.15, 0.2) is 59.4 Å². The second kappa shape index (κ2) is 7.52. The fraction of sp³-hybridized carbons (Fsp3) is 0.143. The minimum Gasteiger partial charge on any atom is -0.301 e. The monoisotopic (exact) mass is 407 g/mol. The summed E-state index contributed by atoms with van der Waals surface area (Å²) in [6, 6.07) is 15.8. The number of fused-ring (bicyclic) bond motifs is 1. The van der Waals surface area contributed by atoms with Crippen molar-refractivity contribution in [3.8, 4) is 0 Å². The Labute approximate surface area is 171 Å². The molecule has 4 rings (SSSR count). The molecule has 0 unspecified atom stereocenters. The van der Waals surface area contributed by atoms with E-state index in [-0.39, 0.29) is 23.8 Å². The molecule has 0 fully saturated rings. The van der Waals surface area contributed by atoms with Gasteiger partial charge in [0.05, 0.1) is 6.54 Å². The lowest BCUT2D eigenvalue weighted by molar-refractivity contribution is 0.0984. The first kappa shape index (κ1) is 18.9. The predicted molar refractivity (Wildman–Crippen MR) is 111 cm³/mol. The number of hydrogen-bond donors (Lipinski definition) is 1. The van der Waals surface area contributed by atoms with Crippen LogP contribution in [0.5, 0.6) is 0 Å². The number of nitrogens with one attached hydrogen (secondary N) is 1. The average Bonchev–Trinajstić information content (AvgIpc) is 3.08. The van der Waals surface area contributed by atoms with Crippen LogP contribution in [0.3, 0.4) is 0 Å². The summed E-state index contributed by atoms with van der Waals surface area (Å²) in [6.45, 7) is 3.83. The molecule has 0 aliphatic rings. The van der Waals surface area contributed by atoms with Gasteiger partial charge in [-0.2, -0.15) is 9.50 Å². The zero-order chi connectivity index (χ0) is 20.5. The van der Waals surface area contributed by atoms with Crippen LogP contribution < -0.4 is 10.5 Å². The van der Waals surface area contributed by atoms with Gasteiger partial charge in [-0.3, -0.25) is 14.7 Å². The van der Waals surface area contributed by atoms with Crippen molar-refractivity contribution >= 4 is 29.0 Å². The Balaban J connectivity index is 1.77. The molecule has 8 heteroatoms. The number of amides is 1. The molecule has 1 amide bonds. The number of H-pyrrole nitrogens is 1. The molecule has 2 aromatic heterocycles. The van der Waals surface area contributed by atoms with E-state index in [1.54, 1.807) is 36.1 Å². The molecule has 2 aromatic carbocycles. The van der Waals surface area contributed by atoms with E-state index in [9.17, 15) is 9.59 Å². The number of aromatic amines is 1. The van der Waals surface area contributed by atoms with E-state index in [0.29, 0.717) is 27.8 Å². The summed E-state index contributed by atoms with van der Waals surface area (Å²) in [5.41, 5.74) is 2.52. The number of carbonyl (C=O) groups is 1. The fourth-order valence-corrected chi connectivity index (χ4v) is 3.30. The molecule has 7 nitrogen and oxygen atoms in total. The van der Waals surface area contributed by atoms with E-state index in [0.717, 1.165) is 5.56 Å². The molecule has 0 radical (unpaired) electrons. The van der Waals surface area contributed by atoms with E-state index in [2.05, 4.69) is 15.1 Å². The van der Waals surface area contributed by atoms with Crippen molar-refractivity contribution in [3.05, 3.63) is 92.6 Å². The van der Waals surface area contributed by atoms with Crippen molar-refractivity contribution in [2.24, 2.45) is 0 Å². The van der Waals surface area contributed by atoms with Crippen LogP contribution in [0.1, 0.15) is 27.4 Å². The van der Waals surface area contributed by atoms with Crippen molar-refractivity contribution < 1.29 is 4.79 Å². The van der Waals surface area contributed by atoms with Gasteiger partial charge in [0.25, 0.3) is 17.2 Å². The Kier molecular flexibility index (Phi) is 4.90. The molecule has 2 heterocycles. The highest BCUT2D eigenvalue weighted by molar-refractivity contribution is 6.31. The highest BCUT2D eigenvalue weighted by Crippen LogP contribution is 2.22. The maximum atomic E-state index is 13.3. The number of rotatable bonds is 4. The molecule has 4 aromatic rings. The van der Waals surface area contributed by atoms with Crippen LogP contribution in [-0.2, 0) is 6.54 Å². The van der Waals surface area contributed by atoms with Crippen LogP contribution in [0.4, 0.5) is 5.69 Å². The van der Waals surface area contributed by atoms with Gasteiger partial charge in [0.1, 0.15) is 5.82 Å². The number of anilines is 1. The van der Waals surface area contributed by atoms with E-state index in [1.165, 1.54) is 10.6 Å². The van der Waals surface area contributed by atoms with Crippen molar-refractivity contribution in [3.63, 3.8) is 0 Å². The van der Waals surface area contributed by atoms with Crippen molar-refractivity contribution in [1.82, 2.24) is 19.6 Å². The van der Waals surface area contributed by atoms with Gasteiger partial charge in [-0.15, -0.1) is 0 Å². The van der Waals surface area contributed by atoms with Crippen LogP contribution in [0, 0.1) is 13.8 Å². The Bertz CT molecular complexity index is 1280. The number of carbonyl (C=O) groups excluding carboxylic acids is 1. The number of nitrogens with zero attached hydrogens (tertiary/aromatic N) is 4. The zero-order valence-electron chi connectivity index (χ0n) is 15.9. The maximum absolute atomic E-state index is 13.3. The van der Waals surface area contributed by atoms with E-state index >= 15 is 0 Å². The third-order valence-electron chi connectivity index (χ3n) is 4.44. The predicted octanol–water partition coefficient (Wildman–Crippen LogP) is 3.53. The van der Waals surface area contributed by atoms with Crippen molar-refractivity contribution in [2.75, 3.05) is 4.90 Å². The quantitative estimate of drug-likeness (QED) is 0.561. The number of benzene rings is 2. The third kappa shape index (κ3) is 3.90. The summed E-state index contributed by atoms with van der Waals surface area (Å²) >= 11 is 6.08. The average molecular weight is 408 g/mol. The molecule has 0 spiro atoms. The highest BCUT2D eigenvalue weighted by atomic mass is 35.5. The Morgan fingerprint density at radius 1 is 1.10 bits per heavy atom. The smallest absolute Gasteiger partial charge is 0.274 e. The van der Waals surface area contributed by atoms with Crippen LogP contribution in [-0.4, -0.2) is 25.5 Å². The largest absolute Gasteiger partial charge is 0.301 e. The topological polar surface area (TPSA) is 83.4 Å². The molecule has 0 atom stereocenters. The van der Waals surface area contributed by atoms with Gasteiger partial charge in [0.15, 0.2) is 0 Å². The second-order valence-corrected chi connectivity index (χ2v) is 7.22. The minimum atomic E-state index is -0.255. The van der Waals surface area contributed by atoms with Gasteiger partial charge in [-0.1, -0.05) is 29.8 Å². The van der Waals surface area contributed by atoms with Gasteiger partial charge in [0.2, 0.25) is 0 Å². The molecule has 0 aliphatic carbocycles.